The van der Waals surface area contributed by atoms with Gasteiger partial charge in [-0.2, -0.15) is 0 Å². The number of amides is 2. The minimum atomic E-state index is -0.109. The molecule has 2 fully saturated rings. The molecule has 0 aromatic carbocycles. The molecule has 0 aromatic heterocycles. The van der Waals surface area contributed by atoms with Gasteiger partial charge in [-0.15, -0.1) is 0 Å². The van der Waals surface area contributed by atoms with E-state index in [1.54, 1.807) is 0 Å². The monoisotopic (exact) mass is 252 g/mol. The number of likely N-dealkylation sites (N-methyl/N-ethyl adjacent to an activating group) is 1. The average Bonchev–Trinajstić information content (AvgIpc) is 2.87. The highest BCUT2D eigenvalue weighted by molar-refractivity contribution is 5.95. The summed E-state index contributed by atoms with van der Waals surface area (Å²) in [5, 5.41) is 0. The lowest BCUT2D eigenvalue weighted by Crippen LogP contribution is -2.55. The summed E-state index contributed by atoms with van der Waals surface area (Å²) < 4.78 is 0. The second kappa shape index (κ2) is 5.50. The molecule has 1 aliphatic heterocycles. The lowest BCUT2D eigenvalue weighted by molar-refractivity contribution is -0.151. The van der Waals surface area contributed by atoms with E-state index >= 15 is 0 Å². The Hall–Kier alpha value is -1.39. The third-order valence-electron chi connectivity index (χ3n) is 3.90. The molecule has 0 bridgehead atoms. The second-order valence-corrected chi connectivity index (χ2v) is 5.11. The minimum absolute atomic E-state index is 0.0590. The van der Waals surface area contributed by atoms with E-state index in [9.17, 15) is 14.4 Å². The molecule has 0 spiro atoms. The molecule has 0 unspecified atom stereocenters. The summed E-state index contributed by atoms with van der Waals surface area (Å²) in [6.07, 6.45) is 4.09. The van der Waals surface area contributed by atoms with Crippen LogP contribution >= 0.6 is 0 Å². The number of hydrogen-bond acceptors (Lipinski definition) is 3. The highest BCUT2D eigenvalue weighted by atomic mass is 16.2. The van der Waals surface area contributed by atoms with Crippen molar-refractivity contribution in [2.75, 3.05) is 26.2 Å². The van der Waals surface area contributed by atoms with Crippen molar-refractivity contribution in [2.24, 2.45) is 5.92 Å². The second-order valence-electron chi connectivity index (χ2n) is 5.11. The highest BCUT2D eigenvalue weighted by Crippen LogP contribution is 2.25. The summed E-state index contributed by atoms with van der Waals surface area (Å²) in [5.74, 6) is 0.0647. The van der Waals surface area contributed by atoms with Crippen molar-refractivity contribution in [3.8, 4) is 0 Å². The molecular weight excluding hydrogens is 232 g/mol. The maximum Gasteiger partial charge on any atom is 0.243 e. The number of ketones is 1. The molecule has 18 heavy (non-hydrogen) atoms. The summed E-state index contributed by atoms with van der Waals surface area (Å²) in [6, 6.07) is 0. The van der Waals surface area contributed by atoms with E-state index in [0.717, 1.165) is 25.7 Å². The van der Waals surface area contributed by atoms with Gasteiger partial charge in [0.2, 0.25) is 11.8 Å². The van der Waals surface area contributed by atoms with Crippen molar-refractivity contribution < 1.29 is 14.4 Å². The molecule has 2 rings (SSSR count). The van der Waals surface area contributed by atoms with Crippen LogP contribution in [0.1, 0.15) is 32.6 Å². The number of piperazine rings is 1. The smallest absolute Gasteiger partial charge is 0.243 e. The molecule has 0 N–H and O–H groups in total. The van der Waals surface area contributed by atoms with Crippen molar-refractivity contribution >= 4 is 17.6 Å². The maximum absolute atomic E-state index is 12.0. The standard InChI is InChI=1S/C13H20N2O3/c1-2-14-8-13(18)15(9-12(14)17)7-11(16)10-5-3-4-6-10/h10H,2-9H2,1H3. The number of Topliss-reactive ketones (excluding diaryl/α,β-unsaturated/α-hetero) is 1. The molecule has 0 radical (unpaired) electrons. The van der Waals surface area contributed by atoms with Crippen LogP contribution in [0, 0.1) is 5.92 Å². The van der Waals surface area contributed by atoms with Crippen LogP contribution in [-0.4, -0.2) is 53.6 Å². The van der Waals surface area contributed by atoms with Gasteiger partial charge < -0.3 is 9.80 Å². The van der Waals surface area contributed by atoms with Crippen molar-refractivity contribution in [1.29, 1.82) is 0 Å². The van der Waals surface area contributed by atoms with Crippen LogP contribution < -0.4 is 0 Å². The average molecular weight is 252 g/mol. The molecule has 5 nitrogen and oxygen atoms in total. The number of carbonyl (C=O) groups is 3. The Morgan fingerprint density at radius 3 is 2.28 bits per heavy atom. The van der Waals surface area contributed by atoms with Crippen molar-refractivity contribution in [3.63, 3.8) is 0 Å². The zero-order valence-corrected chi connectivity index (χ0v) is 10.9. The van der Waals surface area contributed by atoms with Crippen LogP contribution in [0.5, 0.6) is 0 Å². The van der Waals surface area contributed by atoms with Gasteiger partial charge in [-0.05, 0) is 19.8 Å². The van der Waals surface area contributed by atoms with Gasteiger partial charge in [0, 0.05) is 12.5 Å². The van der Waals surface area contributed by atoms with Crippen LogP contribution in [-0.2, 0) is 14.4 Å². The van der Waals surface area contributed by atoms with Gasteiger partial charge in [-0.3, -0.25) is 14.4 Å². The van der Waals surface area contributed by atoms with Crippen molar-refractivity contribution in [2.45, 2.75) is 32.6 Å². The van der Waals surface area contributed by atoms with Crippen molar-refractivity contribution in [3.05, 3.63) is 0 Å². The number of nitrogens with zero attached hydrogens (tertiary/aromatic N) is 2. The number of rotatable bonds is 4. The fraction of sp³-hybridized carbons (Fsp3) is 0.769. The SMILES string of the molecule is CCN1CC(=O)N(CC(=O)C2CCCC2)CC1=O. The van der Waals surface area contributed by atoms with Crippen LogP contribution in [0.15, 0.2) is 0 Å². The Bertz CT molecular complexity index is 361. The predicted octanol–water partition coefficient (Wildman–Crippen LogP) is 0.436. The van der Waals surface area contributed by atoms with E-state index in [1.807, 2.05) is 6.92 Å². The van der Waals surface area contributed by atoms with E-state index in [-0.39, 0.29) is 43.1 Å². The highest BCUT2D eigenvalue weighted by Gasteiger charge is 2.32. The molecule has 0 aromatic rings. The topological polar surface area (TPSA) is 57.7 Å². The van der Waals surface area contributed by atoms with E-state index in [0.29, 0.717) is 6.54 Å². The molecule has 5 heteroatoms. The van der Waals surface area contributed by atoms with Gasteiger partial charge in [0.25, 0.3) is 0 Å². The lowest BCUT2D eigenvalue weighted by atomic mass is 10.0. The van der Waals surface area contributed by atoms with E-state index in [4.69, 9.17) is 0 Å². The van der Waals surface area contributed by atoms with Gasteiger partial charge in [-0.1, -0.05) is 12.8 Å². The zero-order valence-electron chi connectivity index (χ0n) is 10.9. The predicted molar refractivity (Wildman–Crippen MR) is 65.8 cm³/mol. The van der Waals surface area contributed by atoms with Gasteiger partial charge >= 0.3 is 0 Å². The minimum Gasteiger partial charge on any atom is -0.332 e. The molecule has 0 atom stereocenters. The van der Waals surface area contributed by atoms with Gasteiger partial charge in [0.1, 0.15) is 6.54 Å². The van der Waals surface area contributed by atoms with Gasteiger partial charge in [0.05, 0.1) is 13.1 Å². The van der Waals surface area contributed by atoms with Crippen LogP contribution in [0.3, 0.4) is 0 Å². The summed E-state index contributed by atoms with van der Waals surface area (Å²) in [6.45, 7) is 2.70. The molecule has 100 valence electrons. The summed E-state index contributed by atoms with van der Waals surface area (Å²) in [5.41, 5.74) is 0. The molecule has 2 amide bonds. The lowest BCUT2D eigenvalue weighted by Gasteiger charge is -2.33. The Balaban J connectivity index is 1.91. The van der Waals surface area contributed by atoms with E-state index in [1.165, 1.54) is 9.80 Å². The molecule has 2 aliphatic rings. The summed E-state index contributed by atoms with van der Waals surface area (Å²) in [4.78, 5) is 38.5. The van der Waals surface area contributed by atoms with Gasteiger partial charge in [0.15, 0.2) is 5.78 Å². The quantitative estimate of drug-likeness (QED) is 0.729. The first kappa shape index (κ1) is 13.1. The molecule has 1 saturated carbocycles. The molecular formula is C13H20N2O3. The fourth-order valence-electron chi connectivity index (χ4n) is 2.70. The third kappa shape index (κ3) is 2.71. The molecule has 1 aliphatic carbocycles. The number of carbonyl (C=O) groups excluding carboxylic acids is 3. The zero-order chi connectivity index (χ0) is 13.1. The largest absolute Gasteiger partial charge is 0.332 e. The summed E-state index contributed by atoms with van der Waals surface area (Å²) >= 11 is 0. The first-order chi connectivity index (χ1) is 8.61. The van der Waals surface area contributed by atoms with E-state index in [2.05, 4.69) is 0 Å². The van der Waals surface area contributed by atoms with Crippen molar-refractivity contribution in [1.82, 2.24) is 9.80 Å². The summed E-state index contributed by atoms with van der Waals surface area (Å²) in [7, 11) is 0. The third-order valence-corrected chi connectivity index (χ3v) is 3.90. The Morgan fingerprint density at radius 1 is 1.11 bits per heavy atom. The van der Waals surface area contributed by atoms with E-state index < -0.39 is 0 Å². The molecule has 1 heterocycles. The normalized spacial score (nSPS) is 21.8. The first-order valence-corrected chi connectivity index (χ1v) is 6.70. The van der Waals surface area contributed by atoms with Crippen LogP contribution in [0.2, 0.25) is 0 Å². The Labute approximate surface area is 107 Å². The Kier molecular flexibility index (Phi) is 3.99. The Morgan fingerprint density at radius 2 is 1.67 bits per heavy atom. The van der Waals surface area contributed by atoms with Crippen LogP contribution in [0.4, 0.5) is 0 Å². The first-order valence-electron chi connectivity index (χ1n) is 6.70. The number of hydrogen-bond donors (Lipinski definition) is 0. The van der Waals surface area contributed by atoms with Crippen LogP contribution in [0.25, 0.3) is 0 Å². The van der Waals surface area contributed by atoms with Gasteiger partial charge in [-0.25, -0.2) is 0 Å². The fourth-order valence-corrected chi connectivity index (χ4v) is 2.70. The maximum atomic E-state index is 12.0. The molecule has 1 saturated heterocycles.